The van der Waals surface area contributed by atoms with Crippen molar-refractivity contribution in [2.45, 2.75) is 57.1 Å². The predicted octanol–water partition coefficient (Wildman–Crippen LogP) is 3.77. The maximum absolute atomic E-state index is 13.6. The van der Waals surface area contributed by atoms with Crippen molar-refractivity contribution >= 4 is 18.0 Å². The molecule has 0 radical (unpaired) electrons. The minimum Gasteiger partial charge on any atom is -0.480 e. The van der Waals surface area contributed by atoms with Gasteiger partial charge in [-0.05, 0) is 44.7 Å². The van der Waals surface area contributed by atoms with E-state index in [1.807, 2.05) is 81.4 Å². The van der Waals surface area contributed by atoms with Crippen LogP contribution in [0.3, 0.4) is 0 Å². The van der Waals surface area contributed by atoms with Crippen LogP contribution in [0.15, 0.2) is 60.7 Å². The lowest BCUT2D eigenvalue weighted by Gasteiger charge is -2.41. The molecule has 2 N–H and O–H groups in total. The fourth-order valence-electron chi connectivity index (χ4n) is 4.15. The number of carboxylic acid groups (broad SMARTS) is 1. The zero-order chi connectivity index (χ0) is 24.1. The second-order valence-electron chi connectivity index (χ2n) is 9.47. The lowest BCUT2D eigenvalue weighted by atomic mass is 9.71. The summed E-state index contributed by atoms with van der Waals surface area (Å²) in [6.45, 7) is 6.13. The summed E-state index contributed by atoms with van der Waals surface area (Å²) >= 11 is 0. The van der Waals surface area contributed by atoms with E-state index >= 15 is 0 Å². The Labute approximate surface area is 194 Å². The van der Waals surface area contributed by atoms with Crippen LogP contribution in [-0.4, -0.2) is 52.7 Å². The normalized spacial score (nSPS) is 16.5. The monoisotopic (exact) mass is 452 g/mol. The summed E-state index contributed by atoms with van der Waals surface area (Å²) in [6.07, 6.45) is 0.535. The van der Waals surface area contributed by atoms with Gasteiger partial charge in [0.1, 0.15) is 11.6 Å². The van der Waals surface area contributed by atoms with Crippen molar-refractivity contribution in [2.75, 3.05) is 13.1 Å². The summed E-state index contributed by atoms with van der Waals surface area (Å²) in [4.78, 5) is 39.7. The number of nitrogens with one attached hydrogen (secondary N) is 1. The van der Waals surface area contributed by atoms with Crippen molar-refractivity contribution in [3.63, 3.8) is 0 Å². The lowest BCUT2D eigenvalue weighted by Crippen LogP contribution is -2.56. The van der Waals surface area contributed by atoms with Crippen molar-refractivity contribution in [3.8, 4) is 0 Å². The van der Waals surface area contributed by atoms with Gasteiger partial charge in [0.15, 0.2) is 0 Å². The third-order valence-corrected chi connectivity index (χ3v) is 5.92. The first-order chi connectivity index (χ1) is 15.6. The first-order valence-electron chi connectivity index (χ1n) is 11.2. The Bertz CT molecular complexity index is 961. The fourth-order valence-corrected chi connectivity index (χ4v) is 4.15. The van der Waals surface area contributed by atoms with Gasteiger partial charge in [-0.15, -0.1) is 0 Å². The van der Waals surface area contributed by atoms with Gasteiger partial charge in [0, 0.05) is 19.5 Å². The first-order valence-corrected chi connectivity index (χ1v) is 11.2. The molecule has 0 bridgehead atoms. The van der Waals surface area contributed by atoms with E-state index in [2.05, 4.69) is 5.32 Å². The number of ether oxygens (including phenoxy) is 1. The molecule has 3 rings (SSSR count). The van der Waals surface area contributed by atoms with E-state index in [9.17, 15) is 19.5 Å². The number of aliphatic carboxylic acids is 1. The van der Waals surface area contributed by atoms with Crippen LogP contribution in [0.4, 0.5) is 4.79 Å². The second kappa shape index (κ2) is 10.1. The first kappa shape index (κ1) is 24.3. The molecule has 1 saturated heterocycles. The number of hydrogen-bond acceptors (Lipinski definition) is 4. The number of carbonyl (C=O) groups is 3. The van der Waals surface area contributed by atoms with Crippen molar-refractivity contribution in [3.05, 3.63) is 71.8 Å². The number of amides is 2. The van der Waals surface area contributed by atoms with Gasteiger partial charge in [0.05, 0.1) is 5.41 Å². The molecule has 2 aromatic rings. The summed E-state index contributed by atoms with van der Waals surface area (Å²) in [7, 11) is 0. The number of rotatable bonds is 6. The van der Waals surface area contributed by atoms with Crippen LogP contribution in [0.5, 0.6) is 0 Å². The quantitative estimate of drug-likeness (QED) is 0.696. The van der Waals surface area contributed by atoms with E-state index in [-0.39, 0.29) is 12.3 Å². The van der Waals surface area contributed by atoms with Crippen LogP contribution in [0.25, 0.3) is 0 Å². The predicted molar refractivity (Wildman–Crippen MR) is 125 cm³/mol. The highest BCUT2D eigenvalue weighted by Gasteiger charge is 2.45. The van der Waals surface area contributed by atoms with Gasteiger partial charge in [-0.2, -0.15) is 0 Å². The molecule has 1 atom stereocenters. The average Bonchev–Trinajstić information content (AvgIpc) is 2.78. The fraction of sp³-hybridized carbons (Fsp3) is 0.423. The Morgan fingerprint density at radius 3 is 2.06 bits per heavy atom. The topological polar surface area (TPSA) is 95.9 Å². The minimum atomic E-state index is -1.08. The average molecular weight is 453 g/mol. The second-order valence-corrected chi connectivity index (χ2v) is 9.47. The largest absolute Gasteiger partial charge is 0.480 e. The zero-order valence-electron chi connectivity index (χ0n) is 19.4. The Morgan fingerprint density at radius 1 is 1.00 bits per heavy atom. The van der Waals surface area contributed by atoms with E-state index in [0.29, 0.717) is 25.9 Å². The maximum atomic E-state index is 13.6. The van der Waals surface area contributed by atoms with Crippen molar-refractivity contribution in [2.24, 2.45) is 0 Å². The summed E-state index contributed by atoms with van der Waals surface area (Å²) in [5.74, 6) is -1.41. The Morgan fingerprint density at radius 2 is 1.55 bits per heavy atom. The number of carboxylic acids is 1. The number of nitrogens with zero attached hydrogens (tertiary/aromatic N) is 1. The molecule has 0 saturated carbocycles. The number of hydrogen-bond donors (Lipinski definition) is 2. The molecule has 7 heteroatoms. The van der Waals surface area contributed by atoms with Gasteiger partial charge < -0.3 is 20.1 Å². The van der Waals surface area contributed by atoms with E-state index < -0.39 is 29.1 Å². The van der Waals surface area contributed by atoms with Gasteiger partial charge in [-0.3, -0.25) is 4.79 Å². The summed E-state index contributed by atoms with van der Waals surface area (Å²) in [5.41, 5.74) is 0.118. The highest BCUT2D eigenvalue weighted by Crippen LogP contribution is 2.36. The van der Waals surface area contributed by atoms with Gasteiger partial charge in [0.25, 0.3) is 0 Å². The number of benzene rings is 2. The zero-order valence-corrected chi connectivity index (χ0v) is 19.4. The highest BCUT2D eigenvalue weighted by molar-refractivity contribution is 5.92. The third-order valence-electron chi connectivity index (χ3n) is 5.92. The molecule has 7 nitrogen and oxygen atoms in total. The summed E-state index contributed by atoms with van der Waals surface area (Å²) < 4.78 is 5.48. The molecule has 2 aromatic carbocycles. The van der Waals surface area contributed by atoms with Gasteiger partial charge >= 0.3 is 12.1 Å². The summed E-state index contributed by atoms with van der Waals surface area (Å²) in [6, 6.07) is 17.5. The highest BCUT2D eigenvalue weighted by atomic mass is 16.6. The van der Waals surface area contributed by atoms with Crippen molar-refractivity contribution in [1.29, 1.82) is 0 Å². The Balaban J connectivity index is 1.80. The Kier molecular flexibility index (Phi) is 7.41. The molecule has 0 spiro atoms. The molecule has 1 fully saturated rings. The lowest BCUT2D eigenvalue weighted by molar-refractivity contribution is -0.143. The molecule has 176 valence electrons. The van der Waals surface area contributed by atoms with Gasteiger partial charge in [-0.1, -0.05) is 60.7 Å². The molecule has 2 amide bonds. The van der Waals surface area contributed by atoms with Gasteiger partial charge in [0.2, 0.25) is 5.91 Å². The van der Waals surface area contributed by atoms with Crippen molar-refractivity contribution < 1.29 is 24.2 Å². The smallest absolute Gasteiger partial charge is 0.410 e. The molecule has 0 aliphatic carbocycles. The van der Waals surface area contributed by atoms with E-state index in [0.717, 1.165) is 11.1 Å². The Hall–Kier alpha value is -3.35. The SMILES string of the molecule is CC(C)(C)OC(=O)N1CCC(C(=O)N[C@@H](Cc2ccccc2)C(=O)O)(c2ccccc2)CC1. The summed E-state index contributed by atoms with van der Waals surface area (Å²) in [5, 5.41) is 12.6. The molecule has 1 aliphatic rings. The molecule has 0 unspecified atom stereocenters. The number of piperidine rings is 1. The molecule has 1 heterocycles. The minimum absolute atomic E-state index is 0.191. The van der Waals surface area contributed by atoms with Crippen LogP contribution < -0.4 is 5.32 Å². The van der Waals surface area contributed by atoms with Gasteiger partial charge in [-0.25, -0.2) is 9.59 Å². The molecule has 0 aromatic heterocycles. The number of likely N-dealkylation sites (tertiary alicyclic amines) is 1. The maximum Gasteiger partial charge on any atom is 0.410 e. The number of carbonyl (C=O) groups excluding carboxylic acids is 2. The third kappa shape index (κ3) is 6.12. The van der Waals surface area contributed by atoms with Crippen LogP contribution in [-0.2, 0) is 26.2 Å². The molecule has 1 aliphatic heterocycles. The van der Waals surface area contributed by atoms with Crippen LogP contribution in [0, 0.1) is 0 Å². The van der Waals surface area contributed by atoms with Crippen molar-refractivity contribution in [1.82, 2.24) is 10.2 Å². The standard InChI is InChI=1S/C26H32N2O5/c1-25(2,3)33-24(32)28-16-14-26(15-17-28,20-12-8-5-9-13-20)23(31)27-21(22(29)30)18-19-10-6-4-7-11-19/h4-13,21H,14-18H2,1-3H3,(H,27,31)(H,29,30)/t21-/m0/s1. The van der Waals surface area contributed by atoms with Crippen LogP contribution in [0.1, 0.15) is 44.7 Å². The molecule has 33 heavy (non-hydrogen) atoms. The van der Waals surface area contributed by atoms with Crippen LogP contribution >= 0.6 is 0 Å². The molecular formula is C26H32N2O5. The van der Waals surface area contributed by atoms with E-state index in [4.69, 9.17) is 4.74 Å². The van der Waals surface area contributed by atoms with E-state index in [1.165, 1.54) is 0 Å². The molecular weight excluding hydrogens is 420 g/mol. The van der Waals surface area contributed by atoms with Crippen LogP contribution in [0.2, 0.25) is 0 Å². The van der Waals surface area contributed by atoms with E-state index in [1.54, 1.807) is 4.90 Å².